The summed E-state index contributed by atoms with van der Waals surface area (Å²) in [5, 5.41) is 10.6. The maximum Gasteiger partial charge on any atom is 0.141 e. The summed E-state index contributed by atoms with van der Waals surface area (Å²) in [6, 6.07) is 16.0. The van der Waals surface area contributed by atoms with Crippen molar-refractivity contribution in [3.63, 3.8) is 0 Å². The Morgan fingerprint density at radius 1 is 1.12 bits per heavy atom. The molecule has 1 aromatic heterocycles. The number of fused-ring (bicyclic) bond motifs is 3. The molecule has 1 aliphatic carbocycles. The van der Waals surface area contributed by atoms with Crippen LogP contribution in [0.2, 0.25) is 10.0 Å². The quantitative estimate of drug-likeness (QED) is 0.644. The van der Waals surface area contributed by atoms with E-state index in [9.17, 15) is 5.26 Å². The molecule has 1 unspecified atom stereocenters. The van der Waals surface area contributed by atoms with Crippen molar-refractivity contribution < 1.29 is 0 Å². The fraction of sp³-hybridized carbons (Fsp3) is 0.100. The van der Waals surface area contributed by atoms with Crippen LogP contribution in [0.1, 0.15) is 28.2 Å². The van der Waals surface area contributed by atoms with E-state index in [0.29, 0.717) is 15.6 Å². The average molecular weight is 366 g/mol. The molecule has 0 radical (unpaired) electrons. The van der Waals surface area contributed by atoms with Crippen molar-refractivity contribution in [1.29, 1.82) is 5.26 Å². The van der Waals surface area contributed by atoms with Gasteiger partial charge < -0.3 is 5.73 Å². The molecule has 0 fully saturated rings. The van der Waals surface area contributed by atoms with Gasteiger partial charge in [0.05, 0.1) is 10.0 Å². The lowest BCUT2D eigenvalue weighted by Gasteiger charge is -2.29. The van der Waals surface area contributed by atoms with Gasteiger partial charge in [0, 0.05) is 17.7 Å². The Morgan fingerprint density at radius 3 is 2.68 bits per heavy atom. The van der Waals surface area contributed by atoms with Crippen LogP contribution in [0.5, 0.6) is 0 Å². The summed E-state index contributed by atoms with van der Waals surface area (Å²) in [5.74, 6) is 0.388. The van der Waals surface area contributed by atoms with Crippen molar-refractivity contribution in [2.75, 3.05) is 5.73 Å². The molecule has 1 aliphatic rings. The van der Waals surface area contributed by atoms with Gasteiger partial charge in [0.2, 0.25) is 0 Å². The predicted molar refractivity (Wildman–Crippen MR) is 101 cm³/mol. The number of halogens is 2. The van der Waals surface area contributed by atoms with Crippen molar-refractivity contribution in [3.05, 3.63) is 81.0 Å². The maximum absolute atomic E-state index is 9.55. The molecule has 0 saturated heterocycles. The number of rotatable bonds is 1. The van der Waals surface area contributed by atoms with E-state index >= 15 is 0 Å². The van der Waals surface area contributed by atoms with Crippen LogP contribution in [0.25, 0.3) is 11.1 Å². The molecule has 0 saturated carbocycles. The second-order valence-corrected chi connectivity index (χ2v) is 6.86. The van der Waals surface area contributed by atoms with E-state index < -0.39 is 0 Å². The lowest BCUT2D eigenvalue weighted by atomic mass is 9.75. The Balaban J connectivity index is 1.96. The van der Waals surface area contributed by atoms with E-state index in [1.165, 1.54) is 0 Å². The predicted octanol–water partition coefficient (Wildman–Crippen LogP) is 5.20. The molecule has 122 valence electrons. The molecule has 4 rings (SSSR count). The minimum absolute atomic E-state index is 0.121. The van der Waals surface area contributed by atoms with Crippen LogP contribution in [0.3, 0.4) is 0 Å². The first-order valence-electron chi connectivity index (χ1n) is 7.82. The molecule has 2 aromatic carbocycles. The molecular formula is C20H13Cl2N3. The van der Waals surface area contributed by atoms with E-state index in [4.69, 9.17) is 28.9 Å². The third-order valence-corrected chi connectivity index (χ3v) is 5.41. The van der Waals surface area contributed by atoms with Crippen LogP contribution in [0, 0.1) is 11.3 Å². The molecule has 1 heterocycles. The van der Waals surface area contributed by atoms with E-state index in [-0.39, 0.29) is 11.7 Å². The summed E-state index contributed by atoms with van der Waals surface area (Å²) >= 11 is 12.3. The van der Waals surface area contributed by atoms with Crippen molar-refractivity contribution in [2.45, 2.75) is 12.3 Å². The monoisotopic (exact) mass is 365 g/mol. The van der Waals surface area contributed by atoms with Crippen molar-refractivity contribution in [1.82, 2.24) is 4.98 Å². The highest BCUT2D eigenvalue weighted by atomic mass is 35.5. The zero-order chi connectivity index (χ0) is 17.6. The van der Waals surface area contributed by atoms with Crippen LogP contribution in [-0.4, -0.2) is 4.98 Å². The molecule has 3 nitrogen and oxygen atoms in total. The number of hydrogen-bond donors (Lipinski definition) is 1. The van der Waals surface area contributed by atoms with Gasteiger partial charge in [-0.1, -0.05) is 53.5 Å². The van der Waals surface area contributed by atoms with Gasteiger partial charge in [-0.2, -0.15) is 5.26 Å². The topological polar surface area (TPSA) is 62.7 Å². The summed E-state index contributed by atoms with van der Waals surface area (Å²) in [6.07, 6.45) is 2.50. The molecular weight excluding hydrogens is 353 g/mol. The van der Waals surface area contributed by atoms with Crippen LogP contribution in [0.15, 0.2) is 48.7 Å². The normalized spacial score (nSPS) is 15.2. The third kappa shape index (κ3) is 2.55. The van der Waals surface area contributed by atoms with Gasteiger partial charge in [0.25, 0.3) is 0 Å². The summed E-state index contributed by atoms with van der Waals surface area (Å²) in [7, 11) is 0. The Bertz CT molecular complexity index is 1040. The number of benzene rings is 2. The van der Waals surface area contributed by atoms with Gasteiger partial charge in [-0.15, -0.1) is 0 Å². The van der Waals surface area contributed by atoms with Gasteiger partial charge in [-0.25, -0.2) is 4.98 Å². The third-order valence-electron chi connectivity index (χ3n) is 4.67. The first-order valence-corrected chi connectivity index (χ1v) is 8.57. The number of anilines is 1. The van der Waals surface area contributed by atoms with Gasteiger partial charge in [0.15, 0.2) is 0 Å². The molecule has 3 aromatic rings. The van der Waals surface area contributed by atoms with Crippen LogP contribution in [0.4, 0.5) is 5.82 Å². The Morgan fingerprint density at radius 2 is 1.92 bits per heavy atom. The summed E-state index contributed by atoms with van der Waals surface area (Å²) in [5.41, 5.74) is 11.5. The van der Waals surface area contributed by atoms with Gasteiger partial charge in [0.1, 0.15) is 17.5 Å². The minimum Gasteiger partial charge on any atom is -0.383 e. The van der Waals surface area contributed by atoms with E-state index in [1.807, 2.05) is 36.4 Å². The van der Waals surface area contributed by atoms with Crippen LogP contribution < -0.4 is 5.73 Å². The maximum atomic E-state index is 9.55. The zero-order valence-corrected chi connectivity index (χ0v) is 14.6. The lowest BCUT2D eigenvalue weighted by Crippen LogP contribution is -2.15. The minimum atomic E-state index is 0.121. The zero-order valence-electron chi connectivity index (χ0n) is 13.1. The van der Waals surface area contributed by atoms with Gasteiger partial charge >= 0.3 is 0 Å². The SMILES string of the molecule is N#Cc1c(N)ncc2c1-c1ccccc1C(c1ccc(Cl)c(Cl)c1)C2. The molecule has 25 heavy (non-hydrogen) atoms. The first kappa shape index (κ1) is 16.0. The first-order chi connectivity index (χ1) is 12.1. The van der Waals surface area contributed by atoms with Crippen LogP contribution in [-0.2, 0) is 6.42 Å². The standard InChI is InChI=1S/C20H13Cl2N3/c21-17-6-5-11(8-18(17)22)15-7-12-10-25-20(24)16(9-23)19(12)14-4-2-1-3-13(14)15/h1-6,8,10,15H,7H2,(H2,24,25). The fourth-order valence-corrected chi connectivity index (χ4v) is 3.83. The van der Waals surface area contributed by atoms with E-state index in [0.717, 1.165) is 34.2 Å². The highest BCUT2D eigenvalue weighted by Crippen LogP contribution is 2.45. The molecule has 1 atom stereocenters. The highest BCUT2D eigenvalue weighted by molar-refractivity contribution is 6.42. The van der Waals surface area contributed by atoms with E-state index in [1.54, 1.807) is 6.20 Å². The summed E-state index contributed by atoms with van der Waals surface area (Å²) in [6.45, 7) is 0. The largest absolute Gasteiger partial charge is 0.383 e. The lowest BCUT2D eigenvalue weighted by molar-refractivity contribution is 0.789. The number of aromatic nitrogens is 1. The van der Waals surface area contributed by atoms with Gasteiger partial charge in [-0.3, -0.25) is 0 Å². The second-order valence-electron chi connectivity index (χ2n) is 6.05. The fourth-order valence-electron chi connectivity index (χ4n) is 3.53. The molecule has 0 spiro atoms. The number of nitrogens with two attached hydrogens (primary N) is 1. The summed E-state index contributed by atoms with van der Waals surface area (Å²) < 4.78 is 0. The number of nitriles is 1. The average Bonchev–Trinajstić information content (AvgIpc) is 2.63. The molecule has 0 aliphatic heterocycles. The molecule has 2 N–H and O–H groups in total. The van der Waals surface area contributed by atoms with Crippen molar-refractivity contribution in [3.8, 4) is 17.2 Å². The number of pyridine rings is 1. The molecule has 0 amide bonds. The second kappa shape index (κ2) is 6.07. The van der Waals surface area contributed by atoms with Gasteiger partial charge in [-0.05, 0) is 40.8 Å². The highest BCUT2D eigenvalue weighted by Gasteiger charge is 2.29. The number of nitrogens with zero attached hydrogens (tertiary/aromatic N) is 2. The Kier molecular flexibility index (Phi) is 3.88. The smallest absolute Gasteiger partial charge is 0.141 e. The van der Waals surface area contributed by atoms with E-state index in [2.05, 4.69) is 17.1 Å². The Hall–Kier alpha value is -2.54. The van der Waals surface area contributed by atoms with Crippen molar-refractivity contribution >= 4 is 29.0 Å². The number of nitrogen functional groups attached to an aromatic ring is 1. The number of hydrogen-bond acceptors (Lipinski definition) is 3. The Labute approximate surface area is 155 Å². The summed E-state index contributed by atoms with van der Waals surface area (Å²) in [4.78, 5) is 4.20. The molecule has 0 bridgehead atoms. The molecule has 5 heteroatoms. The van der Waals surface area contributed by atoms with Crippen LogP contribution >= 0.6 is 23.2 Å². The van der Waals surface area contributed by atoms with Crippen molar-refractivity contribution in [2.24, 2.45) is 0 Å².